The standard InChI is InChI=1S/C13H16N4O3/c1-3-17-8-9(7-16-17)20-12-11(14)10(5-6-15-12)13(18)19-4-2/h5-8H,3-4,14H2,1-2H3. The van der Waals surface area contributed by atoms with Gasteiger partial charge in [-0.25, -0.2) is 9.78 Å². The van der Waals surface area contributed by atoms with Crippen LogP contribution in [-0.2, 0) is 11.3 Å². The molecular weight excluding hydrogens is 260 g/mol. The number of nitrogens with two attached hydrogens (primary N) is 1. The summed E-state index contributed by atoms with van der Waals surface area (Å²) in [7, 11) is 0. The van der Waals surface area contributed by atoms with Crippen molar-refractivity contribution >= 4 is 11.7 Å². The molecule has 0 amide bonds. The fraction of sp³-hybridized carbons (Fsp3) is 0.308. The zero-order valence-corrected chi connectivity index (χ0v) is 11.4. The van der Waals surface area contributed by atoms with Gasteiger partial charge in [0.1, 0.15) is 5.69 Å². The molecule has 0 bridgehead atoms. The number of pyridine rings is 1. The van der Waals surface area contributed by atoms with E-state index in [-0.39, 0.29) is 23.7 Å². The fourth-order valence-corrected chi connectivity index (χ4v) is 1.60. The van der Waals surface area contributed by atoms with E-state index in [4.69, 9.17) is 15.2 Å². The molecule has 0 atom stereocenters. The van der Waals surface area contributed by atoms with Gasteiger partial charge in [-0.1, -0.05) is 0 Å². The number of carbonyl (C=O) groups excluding carboxylic acids is 1. The third kappa shape index (κ3) is 2.87. The molecule has 0 aliphatic rings. The van der Waals surface area contributed by atoms with E-state index >= 15 is 0 Å². The Morgan fingerprint density at radius 3 is 2.90 bits per heavy atom. The number of ether oxygens (including phenoxy) is 2. The van der Waals surface area contributed by atoms with Crippen LogP contribution in [0, 0.1) is 0 Å². The number of hydrogen-bond acceptors (Lipinski definition) is 6. The number of nitrogens with zero attached hydrogens (tertiary/aromatic N) is 3. The number of rotatable bonds is 5. The first-order valence-electron chi connectivity index (χ1n) is 6.27. The summed E-state index contributed by atoms with van der Waals surface area (Å²) in [6.07, 6.45) is 4.72. The van der Waals surface area contributed by atoms with Gasteiger partial charge in [-0.15, -0.1) is 0 Å². The Kier molecular flexibility index (Phi) is 4.19. The number of hydrogen-bond donors (Lipinski definition) is 1. The van der Waals surface area contributed by atoms with E-state index in [1.807, 2.05) is 6.92 Å². The number of aryl methyl sites for hydroxylation is 1. The van der Waals surface area contributed by atoms with Gasteiger partial charge in [0.15, 0.2) is 5.75 Å². The minimum atomic E-state index is -0.499. The molecular formula is C13H16N4O3. The van der Waals surface area contributed by atoms with Crippen molar-refractivity contribution in [3.8, 4) is 11.6 Å². The monoisotopic (exact) mass is 276 g/mol. The Balaban J connectivity index is 2.24. The fourth-order valence-electron chi connectivity index (χ4n) is 1.60. The van der Waals surface area contributed by atoms with Gasteiger partial charge >= 0.3 is 5.97 Å². The lowest BCUT2D eigenvalue weighted by atomic mass is 10.2. The van der Waals surface area contributed by atoms with Crippen LogP contribution in [0.2, 0.25) is 0 Å². The molecule has 0 fully saturated rings. The van der Waals surface area contributed by atoms with Gasteiger partial charge in [0.25, 0.3) is 0 Å². The SMILES string of the molecule is CCOC(=O)c1ccnc(Oc2cnn(CC)c2)c1N. The van der Waals surface area contributed by atoms with Crippen molar-refractivity contribution in [3.05, 3.63) is 30.2 Å². The molecule has 0 unspecified atom stereocenters. The van der Waals surface area contributed by atoms with Crippen LogP contribution in [0.1, 0.15) is 24.2 Å². The van der Waals surface area contributed by atoms with Crippen molar-refractivity contribution in [2.75, 3.05) is 12.3 Å². The molecule has 0 aromatic carbocycles. The first-order chi connectivity index (χ1) is 9.65. The zero-order chi connectivity index (χ0) is 14.5. The van der Waals surface area contributed by atoms with Gasteiger partial charge in [-0.2, -0.15) is 5.10 Å². The normalized spacial score (nSPS) is 10.3. The van der Waals surface area contributed by atoms with Gasteiger partial charge in [0, 0.05) is 12.7 Å². The zero-order valence-electron chi connectivity index (χ0n) is 11.4. The van der Waals surface area contributed by atoms with Crippen LogP contribution in [0.15, 0.2) is 24.7 Å². The van der Waals surface area contributed by atoms with Crippen molar-refractivity contribution in [1.29, 1.82) is 0 Å². The van der Waals surface area contributed by atoms with Gasteiger partial charge in [-0.3, -0.25) is 4.68 Å². The molecule has 2 rings (SSSR count). The summed E-state index contributed by atoms with van der Waals surface area (Å²) in [5.41, 5.74) is 6.27. The lowest BCUT2D eigenvalue weighted by molar-refractivity contribution is 0.0527. The maximum Gasteiger partial charge on any atom is 0.340 e. The van der Waals surface area contributed by atoms with E-state index in [1.54, 1.807) is 24.0 Å². The predicted molar refractivity (Wildman–Crippen MR) is 72.6 cm³/mol. The highest BCUT2D eigenvalue weighted by atomic mass is 16.5. The average molecular weight is 276 g/mol. The van der Waals surface area contributed by atoms with E-state index in [1.165, 1.54) is 12.3 Å². The highest BCUT2D eigenvalue weighted by Crippen LogP contribution is 2.27. The third-order valence-electron chi connectivity index (χ3n) is 2.60. The van der Waals surface area contributed by atoms with Crippen LogP contribution in [0.25, 0.3) is 0 Å². The minimum Gasteiger partial charge on any atom is -0.462 e. The van der Waals surface area contributed by atoms with E-state index in [9.17, 15) is 4.79 Å². The molecule has 0 aliphatic heterocycles. The van der Waals surface area contributed by atoms with Crippen LogP contribution >= 0.6 is 0 Å². The number of carbonyl (C=O) groups is 1. The lowest BCUT2D eigenvalue weighted by Crippen LogP contribution is -2.09. The van der Waals surface area contributed by atoms with Gasteiger partial charge in [0.2, 0.25) is 5.88 Å². The van der Waals surface area contributed by atoms with Crippen LogP contribution in [0.3, 0.4) is 0 Å². The molecule has 0 spiro atoms. The second-order valence-electron chi connectivity index (χ2n) is 3.93. The number of aromatic nitrogens is 3. The molecule has 7 heteroatoms. The quantitative estimate of drug-likeness (QED) is 0.838. The molecule has 0 saturated carbocycles. The average Bonchev–Trinajstić information content (AvgIpc) is 2.89. The number of nitrogen functional groups attached to an aromatic ring is 1. The van der Waals surface area contributed by atoms with E-state index in [2.05, 4.69) is 10.1 Å². The molecule has 0 aliphatic carbocycles. The second kappa shape index (κ2) is 6.05. The molecule has 2 heterocycles. The molecule has 2 aromatic heterocycles. The highest BCUT2D eigenvalue weighted by molar-refractivity contribution is 5.96. The summed E-state index contributed by atoms with van der Waals surface area (Å²) < 4.78 is 12.2. The number of esters is 1. The van der Waals surface area contributed by atoms with Crippen LogP contribution in [0.5, 0.6) is 11.6 Å². The summed E-state index contributed by atoms with van der Waals surface area (Å²) >= 11 is 0. The molecule has 7 nitrogen and oxygen atoms in total. The largest absolute Gasteiger partial charge is 0.462 e. The van der Waals surface area contributed by atoms with Crippen molar-refractivity contribution < 1.29 is 14.3 Å². The lowest BCUT2D eigenvalue weighted by Gasteiger charge is -2.09. The van der Waals surface area contributed by atoms with Gasteiger partial charge in [0.05, 0.1) is 24.6 Å². The van der Waals surface area contributed by atoms with Crippen LogP contribution in [0.4, 0.5) is 5.69 Å². The second-order valence-corrected chi connectivity index (χ2v) is 3.93. The summed E-state index contributed by atoms with van der Waals surface area (Å²) in [4.78, 5) is 15.7. The molecule has 0 saturated heterocycles. The van der Waals surface area contributed by atoms with Crippen molar-refractivity contribution in [1.82, 2.24) is 14.8 Å². The van der Waals surface area contributed by atoms with Crippen LogP contribution in [-0.4, -0.2) is 27.3 Å². The molecule has 106 valence electrons. The van der Waals surface area contributed by atoms with Gasteiger partial charge < -0.3 is 15.2 Å². The maximum absolute atomic E-state index is 11.7. The predicted octanol–water partition coefficient (Wildman–Crippen LogP) is 1.85. The Hall–Kier alpha value is -2.57. The topological polar surface area (TPSA) is 92.3 Å². The third-order valence-corrected chi connectivity index (χ3v) is 2.60. The number of anilines is 1. The first-order valence-corrected chi connectivity index (χ1v) is 6.27. The summed E-state index contributed by atoms with van der Waals surface area (Å²) in [6.45, 7) is 4.70. The first kappa shape index (κ1) is 13.9. The highest BCUT2D eigenvalue weighted by Gasteiger charge is 2.16. The maximum atomic E-state index is 11.7. The Bertz CT molecular complexity index is 609. The van der Waals surface area contributed by atoms with E-state index < -0.39 is 5.97 Å². The molecule has 0 radical (unpaired) electrons. The van der Waals surface area contributed by atoms with Crippen molar-refractivity contribution in [2.45, 2.75) is 20.4 Å². The van der Waals surface area contributed by atoms with E-state index in [0.717, 1.165) is 6.54 Å². The molecule has 20 heavy (non-hydrogen) atoms. The smallest absolute Gasteiger partial charge is 0.340 e. The molecule has 2 aromatic rings. The Morgan fingerprint density at radius 2 is 2.25 bits per heavy atom. The van der Waals surface area contributed by atoms with Crippen molar-refractivity contribution in [2.24, 2.45) is 0 Å². The molecule has 2 N–H and O–H groups in total. The summed E-state index contributed by atoms with van der Waals surface area (Å²) in [5.74, 6) is 0.166. The van der Waals surface area contributed by atoms with E-state index in [0.29, 0.717) is 5.75 Å². The Labute approximate surface area is 116 Å². The summed E-state index contributed by atoms with van der Waals surface area (Å²) in [6, 6.07) is 1.50. The summed E-state index contributed by atoms with van der Waals surface area (Å²) in [5, 5.41) is 4.08. The van der Waals surface area contributed by atoms with Crippen LogP contribution < -0.4 is 10.5 Å². The van der Waals surface area contributed by atoms with Crippen molar-refractivity contribution in [3.63, 3.8) is 0 Å². The minimum absolute atomic E-state index is 0.148. The van der Waals surface area contributed by atoms with Gasteiger partial charge in [-0.05, 0) is 19.9 Å². The Morgan fingerprint density at radius 1 is 1.45 bits per heavy atom.